The molecule has 1 aliphatic rings. The summed E-state index contributed by atoms with van der Waals surface area (Å²) in [7, 11) is 2.21. The van der Waals surface area contributed by atoms with E-state index in [1.807, 2.05) is 0 Å². The van der Waals surface area contributed by atoms with Gasteiger partial charge in [0.2, 0.25) is 0 Å². The van der Waals surface area contributed by atoms with Gasteiger partial charge in [0.25, 0.3) is 0 Å². The van der Waals surface area contributed by atoms with Gasteiger partial charge in [0, 0.05) is 12.2 Å². The van der Waals surface area contributed by atoms with Crippen molar-refractivity contribution in [1.29, 1.82) is 0 Å². The summed E-state index contributed by atoms with van der Waals surface area (Å²) in [4.78, 5) is 2.42. The van der Waals surface area contributed by atoms with E-state index in [2.05, 4.69) is 48.5 Å². The second kappa shape index (κ2) is 5.35. The first-order valence-electron chi connectivity index (χ1n) is 6.24. The third kappa shape index (κ3) is 2.99. The summed E-state index contributed by atoms with van der Waals surface area (Å²) in [6.45, 7) is 5.79. The second-order valence-corrected chi connectivity index (χ2v) is 4.94. The molecule has 0 bridgehead atoms. The van der Waals surface area contributed by atoms with Crippen LogP contribution in [-0.4, -0.2) is 31.6 Å². The molecule has 0 radical (unpaired) electrons. The zero-order valence-electron chi connectivity index (χ0n) is 10.4. The summed E-state index contributed by atoms with van der Waals surface area (Å²) in [6, 6.07) is 8.53. The first-order valence-corrected chi connectivity index (χ1v) is 6.24. The molecule has 88 valence electrons. The zero-order valence-corrected chi connectivity index (χ0v) is 10.4. The van der Waals surface area contributed by atoms with E-state index in [9.17, 15) is 0 Å². The van der Waals surface area contributed by atoms with Crippen LogP contribution in [0.3, 0.4) is 0 Å². The molecule has 1 saturated heterocycles. The fraction of sp³-hybridized carbons (Fsp3) is 0.571. The molecule has 1 heterocycles. The summed E-state index contributed by atoms with van der Waals surface area (Å²) in [5, 5.41) is 3.58. The van der Waals surface area contributed by atoms with E-state index in [4.69, 9.17) is 0 Å². The third-order valence-corrected chi connectivity index (χ3v) is 3.56. The van der Waals surface area contributed by atoms with E-state index in [1.165, 1.54) is 37.2 Å². The minimum atomic E-state index is 0.843. The van der Waals surface area contributed by atoms with Gasteiger partial charge in [-0.15, -0.1) is 0 Å². The van der Waals surface area contributed by atoms with Crippen LogP contribution < -0.4 is 5.32 Å². The number of rotatable bonds is 3. The molecule has 1 N–H and O–H groups in total. The summed E-state index contributed by atoms with van der Waals surface area (Å²) in [5.74, 6) is 0.843. The Kier molecular flexibility index (Phi) is 3.83. The molecule has 0 spiro atoms. The predicted octanol–water partition coefficient (Wildman–Crippen LogP) is 2.75. The molecule has 1 aromatic rings. The van der Waals surface area contributed by atoms with Crippen LogP contribution in [0.1, 0.15) is 18.4 Å². The largest absolute Gasteiger partial charge is 0.385 e. The van der Waals surface area contributed by atoms with Gasteiger partial charge in [-0.1, -0.05) is 18.2 Å². The Hall–Kier alpha value is -1.02. The number of hydrogen-bond donors (Lipinski definition) is 1. The molecule has 0 amide bonds. The van der Waals surface area contributed by atoms with Gasteiger partial charge in [0.1, 0.15) is 0 Å². The molecule has 2 rings (SSSR count). The number of para-hydroxylation sites is 1. The van der Waals surface area contributed by atoms with Gasteiger partial charge in [-0.05, 0) is 57.5 Å². The number of piperidine rings is 1. The molecule has 1 aromatic carbocycles. The molecule has 2 nitrogen and oxygen atoms in total. The van der Waals surface area contributed by atoms with E-state index in [1.54, 1.807) is 0 Å². The van der Waals surface area contributed by atoms with Crippen LogP contribution >= 0.6 is 0 Å². The normalized spacial score (nSPS) is 18.6. The Morgan fingerprint density at radius 1 is 1.25 bits per heavy atom. The number of nitrogens with one attached hydrogen (secondary N) is 1. The monoisotopic (exact) mass is 218 g/mol. The number of likely N-dealkylation sites (tertiary alicyclic amines) is 1. The van der Waals surface area contributed by atoms with E-state index in [0.717, 1.165) is 12.5 Å². The lowest BCUT2D eigenvalue weighted by Crippen LogP contribution is -2.33. The quantitative estimate of drug-likeness (QED) is 0.839. The molecule has 1 aliphatic heterocycles. The second-order valence-electron chi connectivity index (χ2n) is 4.94. The van der Waals surface area contributed by atoms with Crippen molar-refractivity contribution in [1.82, 2.24) is 4.90 Å². The van der Waals surface area contributed by atoms with Crippen LogP contribution in [0.25, 0.3) is 0 Å². The molecule has 2 heteroatoms. The summed E-state index contributed by atoms with van der Waals surface area (Å²) < 4.78 is 0. The van der Waals surface area contributed by atoms with Crippen molar-refractivity contribution in [3.63, 3.8) is 0 Å². The fourth-order valence-corrected chi connectivity index (χ4v) is 2.29. The maximum Gasteiger partial charge on any atom is 0.0369 e. The molecule has 0 aliphatic carbocycles. The van der Waals surface area contributed by atoms with Gasteiger partial charge < -0.3 is 10.2 Å². The lowest BCUT2D eigenvalue weighted by atomic mass is 9.97. The Labute approximate surface area is 98.7 Å². The van der Waals surface area contributed by atoms with Crippen LogP contribution in [0.15, 0.2) is 24.3 Å². The van der Waals surface area contributed by atoms with Crippen molar-refractivity contribution >= 4 is 5.69 Å². The average Bonchev–Trinajstić information content (AvgIpc) is 2.30. The first-order chi connectivity index (χ1) is 7.75. The van der Waals surface area contributed by atoms with Gasteiger partial charge in [0.05, 0.1) is 0 Å². The van der Waals surface area contributed by atoms with Gasteiger partial charge >= 0.3 is 0 Å². The minimum Gasteiger partial charge on any atom is -0.385 e. The SMILES string of the molecule is Cc1ccccc1NCC1CCN(C)CC1. The Morgan fingerprint density at radius 2 is 1.94 bits per heavy atom. The summed E-state index contributed by atoms with van der Waals surface area (Å²) in [6.07, 6.45) is 2.66. The van der Waals surface area contributed by atoms with Crippen molar-refractivity contribution in [3.05, 3.63) is 29.8 Å². The van der Waals surface area contributed by atoms with E-state index < -0.39 is 0 Å². The lowest BCUT2D eigenvalue weighted by Gasteiger charge is -2.29. The van der Waals surface area contributed by atoms with Crippen molar-refractivity contribution in [2.75, 3.05) is 32.0 Å². The Balaban J connectivity index is 1.81. The predicted molar refractivity (Wildman–Crippen MR) is 69.9 cm³/mol. The molecule has 0 unspecified atom stereocenters. The van der Waals surface area contributed by atoms with Crippen molar-refractivity contribution in [2.45, 2.75) is 19.8 Å². The highest BCUT2D eigenvalue weighted by molar-refractivity contribution is 5.50. The molecule has 0 atom stereocenters. The molecule has 1 fully saturated rings. The van der Waals surface area contributed by atoms with Crippen molar-refractivity contribution < 1.29 is 0 Å². The third-order valence-electron chi connectivity index (χ3n) is 3.56. The summed E-state index contributed by atoms with van der Waals surface area (Å²) >= 11 is 0. The number of aryl methyl sites for hydroxylation is 1. The maximum absolute atomic E-state index is 3.58. The molecule has 0 saturated carbocycles. The van der Waals surface area contributed by atoms with Crippen LogP contribution in [0, 0.1) is 12.8 Å². The van der Waals surface area contributed by atoms with Gasteiger partial charge in [0.15, 0.2) is 0 Å². The fourth-order valence-electron chi connectivity index (χ4n) is 2.29. The number of benzene rings is 1. The highest BCUT2D eigenvalue weighted by Crippen LogP contribution is 2.18. The van der Waals surface area contributed by atoms with Crippen LogP contribution in [0.5, 0.6) is 0 Å². The Bertz CT molecular complexity index is 327. The summed E-state index contributed by atoms with van der Waals surface area (Å²) in [5.41, 5.74) is 2.64. The lowest BCUT2D eigenvalue weighted by molar-refractivity contribution is 0.226. The maximum atomic E-state index is 3.58. The van der Waals surface area contributed by atoms with Crippen molar-refractivity contribution in [2.24, 2.45) is 5.92 Å². The van der Waals surface area contributed by atoms with Gasteiger partial charge in [-0.25, -0.2) is 0 Å². The number of anilines is 1. The Morgan fingerprint density at radius 3 is 2.62 bits per heavy atom. The zero-order chi connectivity index (χ0) is 11.4. The molecular weight excluding hydrogens is 196 g/mol. The van der Waals surface area contributed by atoms with Crippen LogP contribution in [0.2, 0.25) is 0 Å². The van der Waals surface area contributed by atoms with Crippen LogP contribution in [-0.2, 0) is 0 Å². The minimum absolute atomic E-state index is 0.843. The van der Waals surface area contributed by atoms with Crippen LogP contribution in [0.4, 0.5) is 5.69 Å². The van der Waals surface area contributed by atoms with E-state index in [0.29, 0.717) is 0 Å². The van der Waals surface area contributed by atoms with Gasteiger partial charge in [-0.3, -0.25) is 0 Å². The highest BCUT2D eigenvalue weighted by atomic mass is 15.1. The van der Waals surface area contributed by atoms with E-state index in [-0.39, 0.29) is 0 Å². The first kappa shape index (κ1) is 11.5. The highest BCUT2D eigenvalue weighted by Gasteiger charge is 2.16. The molecule has 0 aromatic heterocycles. The number of nitrogens with zero attached hydrogens (tertiary/aromatic N) is 1. The average molecular weight is 218 g/mol. The number of hydrogen-bond acceptors (Lipinski definition) is 2. The van der Waals surface area contributed by atoms with E-state index >= 15 is 0 Å². The molecular formula is C14H22N2. The topological polar surface area (TPSA) is 15.3 Å². The standard InChI is InChI=1S/C14H22N2/c1-12-5-3-4-6-14(12)15-11-13-7-9-16(2)10-8-13/h3-6,13,15H,7-11H2,1-2H3. The molecule has 16 heavy (non-hydrogen) atoms. The van der Waals surface area contributed by atoms with Gasteiger partial charge in [-0.2, -0.15) is 0 Å². The smallest absolute Gasteiger partial charge is 0.0369 e. The van der Waals surface area contributed by atoms with Crippen molar-refractivity contribution in [3.8, 4) is 0 Å².